The zero-order chi connectivity index (χ0) is 11.9. The van der Waals surface area contributed by atoms with Gasteiger partial charge in [0.15, 0.2) is 5.82 Å². The van der Waals surface area contributed by atoms with Gasteiger partial charge in [-0.2, -0.15) is 5.10 Å². The molecule has 0 saturated heterocycles. The molecule has 0 aliphatic heterocycles. The van der Waals surface area contributed by atoms with Crippen LogP contribution in [-0.4, -0.2) is 19.7 Å². The first-order valence-electron chi connectivity index (χ1n) is 5.51. The van der Waals surface area contributed by atoms with Gasteiger partial charge in [-0.05, 0) is 19.8 Å². The van der Waals surface area contributed by atoms with Crippen molar-refractivity contribution in [2.45, 2.75) is 39.7 Å². The van der Waals surface area contributed by atoms with Crippen molar-refractivity contribution in [3.63, 3.8) is 0 Å². The van der Waals surface area contributed by atoms with Crippen molar-refractivity contribution in [3.05, 3.63) is 12.0 Å². The first kappa shape index (κ1) is 10.9. The molecule has 2 heterocycles. The second kappa shape index (κ2) is 3.73. The van der Waals surface area contributed by atoms with Crippen molar-refractivity contribution < 1.29 is 0 Å². The third-order valence-corrected chi connectivity index (χ3v) is 2.57. The molecule has 0 saturated carbocycles. The summed E-state index contributed by atoms with van der Waals surface area (Å²) in [6, 6.07) is 0.253. The Morgan fingerprint density at radius 3 is 2.44 bits per heavy atom. The minimum Gasteiger partial charge on any atom is -0.382 e. The lowest BCUT2D eigenvalue weighted by molar-refractivity contribution is 0.539. The Bertz CT molecular complexity index is 512. The average Bonchev–Trinajstić information content (AvgIpc) is 2.58. The van der Waals surface area contributed by atoms with Crippen LogP contribution in [-0.2, 0) is 0 Å². The summed E-state index contributed by atoms with van der Waals surface area (Å²) in [4.78, 5) is 8.32. The fourth-order valence-electron chi connectivity index (χ4n) is 1.78. The van der Waals surface area contributed by atoms with E-state index in [1.165, 1.54) is 6.33 Å². The van der Waals surface area contributed by atoms with Gasteiger partial charge in [-0.3, -0.25) is 4.68 Å². The second-order valence-corrected chi connectivity index (χ2v) is 4.53. The molecule has 2 N–H and O–H groups in total. The van der Waals surface area contributed by atoms with Gasteiger partial charge in [0.05, 0.1) is 5.69 Å². The van der Waals surface area contributed by atoms with E-state index in [1.54, 1.807) is 0 Å². The summed E-state index contributed by atoms with van der Waals surface area (Å²) in [5.41, 5.74) is 8.60. The number of fused-ring (bicyclic) bond motifs is 1. The molecule has 2 rings (SSSR count). The van der Waals surface area contributed by atoms with Crippen molar-refractivity contribution in [2.24, 2.45) is 0 Å². The summed E-state index contributed by atoms with van der Waals surface area (Å²) < 4.78 is 1.90. The summed E-state index contributed by atoms with van der Waals surface area (Å²) in [6.07, 6.45) is 1.50. The minimum absolute atomic E-state index is 0.253. The van der Waals surface area contributed by atoms with E-state index in [1.807, 2.05) is 4.68 Å². The largest absolute Gasteiger partial charge is 0.382 e. The summed E-state index contributed by atoms with van der Waals surface area (Å²) in [5, 5.41) is 4.58. The monoisotopic (exact) mass is 219 g/mol. The predicted octanol–water partition coefficient (Wildman–Crippen LogP) is 2.11. The van der Waals surface area contributed by atoms with Gasteiger partial charge in [-0.15, -0.1) is 0 Å². The van der Waals surface area contributed by atoms with E-state index in [0.717, 1.165) is 16.7 Å². The molecule has 0 aliphatic rings. The average molecular weight is 219 g/mol. The van der Waals surface area contributed by atoms with Crippen LogP contribution in [0.4, 0.5) is 5.82 Å². The van der Waals surface area contributed by atoms with Crippen molar-refractivity contribution >= 4 is 16.9 Å². The van der Waals surface area contributed by atoms with Gasteiger partial charge < -0.3 is 5.73 Å². The van der Waals surface area contributed by atoms with Gasteiger partial charge in [0.2, 0.25) is 0 Å². The van der Waals surface area contributed by atoms with E-state index in [0.29, 0.717) is 11.7 Å². The van der Waals surface area contributed by atoms with Crippen LogP contribution < -0.4 is 5.73 Å². The SMILES string of the molecule is CC(C)c1nn(C(C)C)c2c(N)ncnc12. The standard InChI is InChI=1S/C11H17N5/c1-6(2)8-9-10(11(12)14-5-13-9)16(15-8)7(3)4/h5-7H,1-4H3,(H2,12,13,14). The van der Waals surface area contributed by atoms with Crippen LogP contribution in [0.5, 0.6) is 0 Å². The van der Waals surface area contributed by atoms with E-state index < -0.39 is 0 Å². The highest BCUT2D eigenvalue weighted by molar-refractivity contribution is 5.86. The lowest BCUT2D eigenvalue weighted by Gasteiger charge is -2.07. The lowest BCUT2D eigenvalue weighted by Crippen LogP contribution is -2.05. The number of nitrogens with two attached hydrogens (primary N) is 1. The van der Waals surface area contributed by atoms with E-state index in [-0.39, 0.29) is 6.04 Å². The Morgan fingerprint density at radius 1 is 1.19 bits per heavy atom. The topological polar surface area (TPSA) is 69.6 Å². The first-order valence-corrected chi connectivity index (χ1v) is 5.51. The molecule has 16 heavy (non-hydrogen) atoms. The van der Waals surface area contributed by atoms with Crippen molar-refractivity contribution in [2.75, 3.05) is 5.73 Å². The van der Waals surface area contributed by atoms with Gasteiger partial charge >= 0.3 is 0 Å². The third-order valence-electron chi connectivity index (χ3n) is 2.57. The van der Waals surface area contributed by atoms with Crippen LogP contribution in [0, 0.1) is 0 Å². The maximum Gasteiger partial charge on any atom is 0.153 e. The number of rotatable bonds is 2. The normalized spacial score (nSPS) is 11.9. The predicted molar refractivity (Wildman–Crippen MR) is 64.2 cm³/mol. The fraction of sp³-hybridized carbons (Fsp3) is 0.545. The van der Waals surface area contributed by atoms with Gasteiger partial charge in [-0.25, -0.2) is 9.97 Å². The molecule has 0 amide bonds. The molecule has 0 aromatic carbocycles. The lowest BCUT2D eigenvalue weighted by atomic mass is 10.1. The molecule has 86 valence electrons. The molecule has 0 bridgehead atoms. The van der Waals surface area contributed by atoms with Crippen LogP contribution in [0.3, 0.4) is 0 Å². The number of nitrogens with zero attached hydrogens (tertiary/aromatic N) is 4. The number of hydrogen-bond acceptors (Lipinski definition) is 4. The van der Waals surface area contributed by atoms with E-state index >= 15 is 0 Å². The molecule has 0 atom stereocenters. The summed E-state index contributed by atoms with van der Waals surface area (Å²) in [5.74, 6) is 0.829. The van der Waals surface area contributed by atoms with Crippen molar-refractivity contribution in [1.82, 2.24) is 19.7 Å². The van der Waals surface area contributed by atoms with Gasteiger partial charge in [-0.1, -0.05) is 13.8 Å². The Balaban J connectivity index is 2.82. The second-order valence-electron chi connectivity index (χ2n) is 4.53. The van der Waals surface area contributed by atoms with Gasteiger partial charge in [0.1, 0.15) is 17.4 Å². The molecular formula is C11H17N5. The molecule has 0 spiro atoms. The molecule has 5 nitrogen and oxygen atoms in total. The molecule has 0 radical (unpaired) electrons. The molecule has 2 aromatic rings. The zero-order valence-electron chi connectivity index (χ0n) is 10.1. The van der Waals surface area contributed by atoms with E-state index in [4.69, 9.17) is 5.73 Å². The highest BCUT2D eigenvalue weighted by Crippen LogP contribution is 2.27. The Hall–Kier alpha value is -1.65. The molecule has 0 aliphatic carbocycles. The Kier molecular flexibility index (Phi) is 2.53. The summed E-state index contributed by atoms with van der Waals surface area (Å²) in [6.45, 7) is 8.35. The quantitative estimate of drug-likeness (QED) is 0.839. The molecule has 0 unspecified atom stereocenters. The van der Waals surface area contributed by atoms with E-state index in [9.17, 15) is 0 Å². The molecule has 5 heteroatoms. The Morgan fingerprint density at radius 2 is 1.88 bits per heavy atom. The third kappa shape index (κ3) is 1.52. The maximum absolute atomic E-state index is 5.90. The number of hydrogen-bond donors (Lipinski definition) is 1. The van der Waals surface area contributed by atoms with Crippen molar-refractivity contribution in [3.8, 4) is 0 Å². The van der Waals surface area contributed by atoms with Crippen molar-refractivity contribution in [1.29, 1.82) is 0 Å². The van der Waals surface area contributed by atoms with E-state index in [2.05, 4.69) is 42.8 Å². The van der Waals surface area contributed by atoms with Gasteiger partial charge in [0.25, 0.3) is 0 Å². The molecular weight excluding hydrogens is 202 g/mol. The first-order chi connectivity index (χ1) is 7.52. The van der Waals surface area contributed by atoms with Crippen LogP contribution >= 0.6 is 0 Å². The van der Waals surface area contributed by atoms with Crippen LogP contribution in [0.15, 0.2) is 6.33 Å². The highest BCUT2D eigenvalue weighted by atomic mass is 15.3. The summed E-state index contributed by atoms with van der Waals surface area (Å²) in [7, 11) is 0. The minimum atomic E-state index is 0.253. The van der Waals surface area contributed by atoms with Crippen LogP contribution in [0.1, 0.15) is 45.3 Å². The number of aromatic nitrogens is 4. The number of anilines is 1. The highest BCUT2D eigenvalue weighted by Gasteiger charge is 2.18. The zero-order valence-corrected chi connectivity index (χ0v) is 10.1. The Labute approximate surface area is 94.7 Å². The smallest absolute Gasteiger partial charge is 0.153 e. The number of nitrogen functional groups attached to an aromatic ring is 1. The van der Waals surface area contributed by atoms with Crippen LogP contribution in [0.25, 0.3) is 11.0 Å². The van der Waals surface area contributed by atoms with Gasteiger partial charge in [0, 0.05) is 6.04 Å². The molecule has 2 aromatic heterocycles. The maximum atomic E-state index is 5.90. The fourth-order valence-corrected chi connectivity index (χ4v) is 1.78. The molecule has 0 fully saturated rings. The van der Waals surface area contributed by atoms with Crippen LogP contribution in [0.2, 0.25) is 0 Å². The summed E-state index contributed by atoms with van der Waals surface area (Å²) >= 11 is 0.